The maximum Gasteiger partial charge on any atom is -0.00139 e. The summed E-state index contributed by atoms with van der Waals surface area (Å²) in [6.07, 6.45) is 1.90. The molecular weight excluding hydrogens is 577 g/mol. The number of benzene rings is 9. The average molecular weight is 609 g/mol. The molecule has 0 heterocycles. The van der Waals surface area contributed by atoms with E-state index in [0.717, 1.165) is 5.56 Å². The molecule has 9 aromatic carbocycles. The fourth-order valence-electron chi connectivity index (χ4n) is 7.69. The Kier molecular flexibility index (Phi) is 6.73. The van der Waals surface area contributed by atoms with Gasteiger partial charge < -0.3 is 0 Å². The van der Waals surface area contributed by atoms with Gasteiger partial charge in [-0.05, 0) is 99.2 Å². The fraction of sp³-hybridized carbons (Fsp3) is 0. The third-order valence-electron chi connectivity index (χ3n) is 9.81. The first kappa shape index (κ1) is 28.0. The van der Waals surface area contributed by atoms with E-state index in [9.17, 15) is 0 Å². The van der Waals surface area contributed by atoms with Gasteiger partial charge in [0, 0.05) is 0 Å². The summed E-state index contributed by atoms with van der Waals surface area (Å²) < 4.78 is 0. The summed E-state index contributed by atoms with van der Waals surface area (Å²) in [4.78, 5) is 0. The SMILES string of the molecule is C=Cc1ccc(-c2c3ccccc3c(-c3c4ccccc4c(-c4cccc(-c5ccccc5)c4)c4ccccc34)c3ccccc23)cc1. The van der Waals surface area contributed by atoms with Crippen LogP contribution in [0.15, 0.2) is 183 Å². The van der Waals surface area contributed by atoms with Crippen LogP contribution in [0.25, 0.3) is 93.7 Å². The van der Waals surface area contributed by atoms with E-state index in [1.165, 1.54) is 87.6 Å². The van der Waals surface area contributed by atoms with Crippen molar-refractivity contribution in [1.29, 1.82) is 0 Å². The second-order valence-corrected chi connectivity index (χ2v) is 12.5. The van der Waals surface area contributed by atoms with Gasteiger partial charge >= 0.3 is 0 Å². The molecule has 0 unspecified atom stereocenters. The van der Waals surface area contributed by atoms with Crippen LogP contribution in [0.3, 0.4) is 0 Å². The van der Waals surface area contributed by atoms with E-state index in [4.69, 9.17) is 0 Å². The van der Waals surface area contributed by atoms with Crippen molar-refractivity contribution in [3.8, 4) is 44.5 Å². The Morgan fingerprint density at radius 3 is 1.06 bits per heavy atom. The fourth-order valence-corrected chi connectivity index (χ4v) is 7.69. The molecule has 0 aliphatic rings. The normalized spacial score (nSPS) is 11.4. The lowest BCUT2D eigenvalue weighted by atomic mass is 9.81. The minimum absolute atomic E-state index is 1.12. The Balaban J connectivity index is 1.41. The second-order valence-electron chi connectivity index (χ2n) is 12.5. The standard InChI is InChI=1S/C48H32/c1-2-32-27-29-34(30-28-32)45-37-19-6-10-23-41(37)47(42-24-11-7-20-38(42)45)48-43-25-12-8-21-39(43)46(40-22-9-13-26-44(40)48)36-18-14-17-35(31-36)33-15-4-3-5-16-33/h2-31H,1H2. The zero-order chi connectivity index (χ0) is 32.0. The molecule has 0 radical (unpaired) electrons. The largest absolute Gasteiger partial charge is 0.0985 e. The van der Waals surface area contributed by atoms with Gasteiger partial charge in [0.05, 0.1) is 0 Å². The van der Waals surface area contributed by atoms with Gasteiger partial charge in [-0.15, -0.1) is 0 Å². The molecule has 0 fully saturated rings. The second kappa shape index (κ2) is 11.5. The first-order valence-corrected chi connectivity index (χ1v) is 16.6. The van der Waals surface area contributed by atoms with Gasteiger partial charge in [0.15, 0.2) is 0 Å². The molecule has 48 heavy (non-hydrogen) atoms. The first-order valence-electron chi connectivity index (χ1n) is 16.6. The highest BCUT2D eigenvalue weighted by Gasteiger charge is 2.22. The minimum atomic E-state index is 1.12. The van der Waals surface area contributed by atoms with Gasteiger partial charge in [-0.2, -0.15) is 0 Å². The molecule has 0 aliphatic carbocycles. The quantitative estimate of drug-likeness (QED) is 0.171. The molecule has 0 aliphatic heterocycles. The molecule has 0 N–H and O–H groups in total. The van der Waals surface area contributed by atoms with E-state index in [-0.39, 0.29) is 0 Å². The van der Waals surface area contributed by atoms with Gasteiger partial charge in [-0.3, -0.25) is 0 Å². The highest BCUT2D eigenvalue weighted by atomic mass is 14.2. The van der Waals surface area contributed by atoms with Crippen LogP contribution in [0.1, 0.15) is 5.56 Å². The highest BCUT2D eigenvalue weighted by Crippen LogP contribution is 2.50. The zero-order valence-electron chi connectivity index (χ0n) is 26.5. The molecule has 224 valence electrons. The first-order chi connectivity index (χ1) is 23.8. The van der Waals surface area contributed by atoms with Crippen molar-refractivity contribution in [2.45, 2.75) is 0 Å². The van der Waals surface area contributed by atoms with Crippen LogP contribution in [0.5, 0.6) is 0 Å². The van der Waals surface area contributed by atoms with Crippen molar-refractivity contribution in [3.63, 3.8) is 0 Å². The number of hydrogen-bond acceptors (Lipinski definition) is 0. The molecular formula is C48H32. The predicted octanol–water partition coefficient (Wildman–Crippen LogP) is 13.6. The Morgan fingerprint density at radius 2 is 0.625 bits per heavy atom. The third kappa shape index (κ3) is 4.46. The number of hydrogen-bond donors (Lipinski definition) is 0. The molecule has 0 nitrogen and oxygen atoms in total. The van der Waals surface area contributed by atoms with Crippen LogP contribution in [0.2, 0.25) is 0 Å². The lowest BCUT2D eigenvalue weighted by Crippen LogP contribution is -1.94. The Labute approximate surface area is 280 Å². The van der Waals surface area contributed by atoms with E-state index in [1.807, 2.05) is 6.08 Å². The molecule has 0 saturated carbocycles. The summed E-state index contributed by atoms with van der Waals surface area (Å²) in [5.74, 6) is 0. The van der Waals surface area contributed by atoms with Gasteiger partial charge in [-0.1, -0.05) is 183 Å². The molecule has 0 heteroatoms. The van der Waals surface area contributed by atoms with Crippen LogP contribution in [-0.2, 0) is 0 Å². The maximum absolute atomic E-state index is 3.97. The summed E-state index contributed by atoms with van der Waals surface area (Å²) in [7, 11) is 0. The molecule has 0 amide bonds. The maximum atomic E-state index is 3.97. The monoisotopic (exact) mass is 608 g/mol. The predicted molar refractivity (Wildman–Crippen MR) is 208 cm³/mol. The van der Waals surface area contributed by atoms with Gasteiger partial charge in [0.25, 0.3) is 0 Å². The average Bonchev–Trinajstić information content (AvgIpc) is 3.16. The molecule has 9 rings (SSSR count). The van der Waals surface area contributed by atoms with Crippen molar-refractivity contribution >= 4 is 49.2 Å². The molecule has 0 atom stereocenters. The third-order valence-corrected chi connectivity index (χ3v) is 9.81. The van der Waals surface area contributed by atoms with E-state index in [0.29, 0.717) is 0 Å². The summed E-state index contributed by atoms with van der Waals surface area (Å²) >= 11 is 0. The van der Waals surface area contributed by atoms with Crippen molar-refractivity contribution in [2.75, 3.05) is 0 Å². The van der Waals surface area contributed by atoms with E-state index < -0.39 is 0 Å². The molecule has 9 aromatic rings. The van der Waals surface area contributed by atoms with Gasteiger partial charge in [0.2, 0.25) is 0 Å². The van der Waals surface area contributed by atoms with Crippen LogP contribution < -0.4 is 0 Å². The molecule has 0 bridgehead atoms. The van der Waals surface area contributed by atoms with Crippen molar-refractivity contribution in [1.82, 2.24) is 0 Å². The zero-order valence-corrected chi connectivity index (χ0v) is 26.5. The van der Waals surface area contributed by atoms with Crippen LogP contribution in [0.4, 0.5) is 0 Å². The molecule has 0 spiro atoms. The van der Waals surface area contributed by atoms with Crippen LogP contribution in [0, 0.1) is 0 Å². The summed E-state index contributed by atoms with van der Waals surface area (Å²) in [6.45, 7) is 3.97. The molecule has 0 saturated heterocycles. The van der Waals surface area contributed by atoms with Crippen molar-refractivity contribution in [2.24, 2.45) is 0 Å². The summed E-state index contributed by atoms with van der Waals surface area (Å²) in [5, 5.41) is 10.1. The van der Waals surface area contributed by atoms with Crippen LogP contribution in [-0.4, -0.2) is 0 Å². The van der Waals surface area contributed by atoms with E-state index in [2.05, 4.69) is 183 Å². The topological polar surface area (TPSA) is 0 Å². The van der Waals surface area contributed by atoms with Crippen LogP contribution >= 0.6 is 0 Å². The Bertz CT molecular complexity index is 2550. The smallest absolute Gasteiger partial charge is 0.00139 e. The van der Waals surface area contributed by atoms with Crippen molar-refractivity contribution < 1.29 is 0 Å². The molecule has 0 aromatic heterocycles. The number of rotatable bonds is 5. The summed E-state index contributed by atoms with van der Waals surface area (Å²) in [6, 6.07) is 64.3. The Morgan fingerprint density at radius 1 is 0.271 bits per heavy atom. The Hall–Kier alpha value is -6.24. The van der Waals surface area contributed by atoms with Gasteiger partial charge in [-0.25, -0.2) is 0 Å². The van der Waals surface area contributed by atoms with E-state index >= 15 is 0 Å². The lowest BCUT2D eigenvalue weighted by molar-refractivity contribution is 1.61. The summed E-state index contributed by atoms with van der Waals surface area (Å²) in [5.41, 5.74) is 11.1. The van der Waals surface area contributed by atoms with E-state index in [1.54, 1.807) is 0 Å². The highest BCUT2D eigenvalue weighted by molar-refractivity contribution is 6.30. The van der Waals surface area contributed by atoms with Crippen molar-refractivity contribution in [3.05, 3.63) is 188 Å². The number of fused-ring (bicyclic) bond motifs is 4. The minimum Gasteiger partial charge on any atom is -0.0985 e. The van der Waals surface area contributed by atoms with Gasteiger partial charge in [0.1, 0.15) is 0 Å². The lowest BCUT2D eigenvalue weighted by Gasteiger charge is -2.22.